The van der Waals surface area contributed by atoms with Gasteiger partial charge in [-0.05, 0) is 45.1 Å². The van der Waals surface area contributed by atoms with Crippen molar-refractivity contribution in [2.75, 3.05) is 25.5 Å². The summed E-state index contributed by atoms with van der Waals surface area (Å²) >= 11 is 0. The van der Waals surface area contributed by atoms with Crippen molar-refractivity contribution in [3.8, 4) is 6.07 Å². The minimum Gasteiger partial charge on any atom is -0.367 e. The molecular formula is C12H16N4. The van der Waals surface area contributed by atoms with Crippen molar-refractivity contribution in [1.82, 2.24) is 9.88 Å². The molecule has 1 N–H and O–H groups in total. The average Bonchev–Trinajstić information content (AvgIpc) is 2.33. The molecule has 4 nitrogen and oxygen atoms in total. The number of anilines is 1. The van der Waals surface area contributed by atoms with Gasteiger partial charge in [0.2, 0.25) is 0 Å². The summed E-state index contributed by atoms with van der Waals surface area (Å²) in [7, 11) is 2.15. The first kappa shape index (κ1) is 10.9. The zero-order valence-electron chi connectivity index (χ0n) is 9.48. The number of nitriles is 1. The van der Waals surface area contributed by atoms with E-state index in [1.54, 1.807) is 12.3 Å². The predicted molar refractivity (Wildman–Crippen MR) is 63.1 cm³/mol. The Bertz CT molecular complexity index is 371. The van der Waals surface area contributed by atoms with E-state index in [2.05, 4.69) is 28.3 Å². The Morgan fingerprint density at radius 2 is 2.19 bits per heavy atom. The van der Waals surface area contributed by atoms with Crippen LogP contribution in [0.25, 0.3) is 0 Å². The second kappa shape index (κ2) is 4.95. The molecule has 0 aliphatic carbocycles. The number of piperidine rings is 1. The van der Waals surface area contributed by atoms with Gasteiger partial charge in [0.1, 0.15) is 11.9 Å². The fraction of sp³-hybridized carbons (Fsp3) is 0.500. The Hall–Kier alpha value is -1.60. The minimum atomic E-state index is 0.511. The Labute approximate surface area is 95.9 Å². The highest BCUT2D eigenvalue weighted by Gasteiger charge is 2.16. The molecule has 0 bridgehead atoms. The monoisotopic (exact) mass is 216 g/mol. The fourth-order valence-electron chi connectivity index (χ4n) is 1.91. The molecule has 0 spiro atoms. The zero-order valence-corrected chi connectivity index (χ0v) is 9.48. The van der Waals surface area contributed by atoms with Crippen molar-refractivity contribution in [3.05, 3.63) is 23.9 Å². The molecule has 1 aromatic rings. The number of likely N-dealkylation sites (tertiary alicyclic amines) is 1. The Morgan fingerprint density at radius 1 is 1.44 bits per heavy atom. The zero-order chi connectivity index (χ0) is 11.4. The smallest absolute Gasteiger partial charge is 0.126 e. The lowest BCUT2D eigenvalue weighted by Crippen LogP contribution is -2.36. The van der Waals surface area contributed by atoms with Gasteiger partial charge in [-0.2, -0.15) is 5.26 Å². The van der Waals surface area contributed by atoms with E-state index in [1.165, 1.54) is 0 Å². The molecule has 0 amide bonds. The maximum absolute atomic E-state index is 8.66. The maximum atomic E-state index is 8.66. The van der Waals surface area contributed by atoms with E-state index in [0.717, 1.165) is 31.7 Å². The van der Waals surface area contributed by atoms with Crippen LogP contribution in [0.15, 0.2) is 18.3 Å². The molecule has 1 aliphatic heterocycles. The summed E-state index contributed by atoms with van der Waals surface area (Å²) in [6, 6.07) is 6.25. The van der Waals surface area contributed by atoms with E-state index in [4.69, 9.17) is 5.26 Å². The third kappa shape index (κ3) is 2.71. The van der Waals surface area contributed by atoms with E-state index in [9.17, 15) is 0 Å². The number of hydrogen-bond donors (Lipinski definition) is 1. The van der Waals surface area contributed by atoms with Crippen molar-refractivity contribution in [2.24, 2.45) is 0 Å². The number of pyridine rings is 1. The summed E-state index contributed by atoms with van der Waals surface area (Å²) in [4.78, 5) is 6.55. The highest BCUT2D eigenvalue weighted by molar-refractivity contribution is 5.39. The van der Waals surface area contributed by atoms with Crippen LogP contribution in [-0.2, 0) is 0 Å². The third-order valence-electron chi connectivity index (χ3n) is 2.96. The molecule has 84 valence electrons. The van der Waals surface area contributed by atoms with Crippen LogP contribution in [0.4, 0.5) is 5.82 Å². The highest BCUT2D eigenvalue weighted by atomic mass is 15.1. The van der Waals surface area contributed by atoms with Crippen molar-refractivity contribution in [3.63, 3.8) is 0 Å². The third-order valence-corrected chi connectivity index (χ3v) is 2.96. The number of rotatable bonds is 2. The molecule has 0 saturated carbocycles. The van der Waals surface area contributed by atoms with Crippen LogP contribution >= 0.6 is 0 Å². The molecule has 0 atom stereocenters. The van der Waals surface area contributed by atoms with Crippen LogP contribution in [-0.4, -0.2) is 36.1 Å². The largest absolute Gasteiger partial charge is 0.367 e. The summed E-state index contributed by atoms with van der Waals surface area (Å²) in [5.74, 6) is 0.869. The number of aromatic nitrogens is 1. The second-order valence-corrected chi connectivity index (χ2v) is 4.27. The molecule has 2 rings (SSSR count). The quantitative estimate of drug-likeness (QED) is 0.813. The average molecular weight is 216 g/mol. The van der Waals surface area contributed by atoms with E-state index in [-0.39, 0.29) is 0 Å². The first-order valence-corrected chi connectivity index (χ1v) is 5.59. The number of hydrogen-bond acceptors (Lipinski definition) is 4. The molecular weight excluding hydrogens is 200 g/mol. The predicted octanol–water partition coefficient (Wildman–Crippen LogP) is 1.46. The lowest BCUT2D eigenvalue weighted by atomic mass is 10.1. The number of nitrogens with zero attached hydrogens (tertiary/aromatic N) is 3. The van der Waals surface area contributed by atoms with Crippen LogP contribution in [0.1, 0.15) is 18.4 Å². The van der Waals surface area contributed by atoms with Gasteiger partial charge in [-0.25, -0.2) is 4.98 Å². The van der Waals surface area contributed by atoms with Gasteiger partial charge in [-0.3, -0.25) is 0 Å². The molecule has 1 fully saturated rings. The second-order valence-electron chi connectivity index (χ2n) is 4.27. The maximum Gasteiger partial charge on any atom is 0.126 e. The van der Waals surface area contributed by atoms with Crippen molar-refractivity contribution in [2.45, 2.75) is 18.9 Å². The highest BCUT2D eigenvalue weighted by Crippen LogP contribution is 2.14. The standard InChI is InChI=1S/C12H16N4/c1-16-6-4-11(5-7-16)15-12-3-2-10(8-13)9-14-12/h2-3,9,11H,4-7H2,1H3,(H,14,15). The van der Waals surface area contributed by atoms with Gasteiger partial charge in [0, 0.05) is 12.2 Å². The fourth-order valence-corrected chi connectivity index (χ4v) is 1.91. The minimum absolute atomic E-state index is 0.511. The Balaban J connectivity index is 1.91. The van der Waals surface area contributed by atoms with Crippen molar-refractivity contribution in [1.29, 1.82) is 5.26 Å². The molecule has 2 heterocycles. The Kier molecular flexibility index (Phi) is 3.37. The van der Waals surface area contributed by atoms with Crippen molar-refractivity contribution < 1.29 is 0 Å². The van der Waals surface area contributed by atoms with E-state index in [0.29, 0.717) is 11.6 Å². The van der Waals surface area contributed by atoms with Gasteiger partial charge in [0.05, 0.1) is 5.56 Å². The summed E-state index contributed by atoms with van der Waals surface area (Å²) in [5, 5.41) is 12.1. The molecule has 1 aromatic heterocycles. The van der Waals surface area contributed by atoms with Crippen LogP contribution < -0.4 is 5.32 Å². The SMILES string of the molecule is CN1CCC(Nc2ccc(C#N)cn2)CC1. The summed E-state index contributed by atoms with van der Waals surface area (Å²) in [6.45, 7) is 2.27. The molecule has 1 saturated heterocycles. The van der Waals surface area contributed by atoms with Crippen LogP contribution in [0, 0.1) is 11.3 Å². The molecule has 4 heteroatoms. The summed E-state index contributed by atoms with van der Waals surface area (Å²) < 4.78 is 0. The molecule has 0 radical (unpaired) electrons. The topological polar surface area (TPSA) is 52.0 Å². The first-order valence-electron chi connectivity index (χ1n) is 5.59. The Morgan fingerprint density at radius 3 is 2.75 bits per heavy atom. The lowest BCUT2D eigenvalue weighted by Gasteiger charge is -2.29. The molecule has 0 aromatic carbocycles. The van der Waals surface area contributed by atoms with E-state index < -0.39 is 0 Å². The molecule has 0 unspecified atom stereocenters. The van der Waals surface area contributed by atoms with Crippen LogP contribution in [0.5, 0.6) is 0 Å². The lowest BCUT2D eigenvalue weighted by molar-refractivity contribution is 0.263. The van der Waals surface area contributed by atoms with Gasteiger partial charge < -0.3 is 10.2 Å². The van der Waals surface area contributed by atoms with Gasteiger partial charge in [-0.15, -0.1) is 0 Å². The first-order chi connectivity index (χ1) is 7.78. The molecule has 16 heavy (non-hydrogen) atoms. The summed E-state index contributed by atoms with van der Waals surface area (Å²) in [5.41, 5.74) is 0.605. The van der Waals surface area contributed by atoms with Crippen LogP contribution in [0.3, 0.4) is 0 Å². The normalized spacial score (nSPS) is 18.0. The van der Waals surface area contributed by atoms with E-state index >= 15 is 0 Å². The van der Waals surface area contributed by atoms with Crippen molar-refractivity contribution >= 4 is 5.82 Å². The van der Waals surface area contributed by atoms with E-state index in [1.807, 2.05) is 6.07 Å². The van der Waals surface area contributed by atoms with Gasteiger partial charge in [0.15, 0.2) is 0 Å². The van der Waals surface area contributed by atoms with Gasteiger partial charge >= 0.3 is 0 Å². The van der Waals surface area contributed by atoms with Gasteiger partial charge in [-0.1, -0.05) is 0 Å². The number of nitrogens with one attached hydrogen (secondary N) is 1. The van der Waals surface area contributed by atoms with Gasteiger partial charge in [0.25, 0.3) is 0 Å². The summed E-state index contributed by atoms with van der Waals surface area (Å²) in [6.07, 6.45) is 3.91. The molecule has 1 aliphatic rings. The van der Waals surface area contributed by atoms with Crippen LogP contribution in [0.2, 0.25) is 0 Å².